The monoisotopic (exact) mass is 284 g/mol. The van der Waals surface area contributed by atoms with E-state index in [1.54, 1.807) is 7.11 Å². The van der Waals surface area contributed by atoms with Crippen LogP contribution >= 0.6 is 12.4 Å². The summed E-state index contributed by atoms with van der Waals surface area (Å²) < 4.78 is 5.28. The minimum absolute atomic E-state index is 0. The molecule has 1 heterocycles. The largest absolute Gasteiger partial charge is 0.497 e. The van der Waals surface area contributed by atoms with Crippen molar-refractivity contribution in [2.45, 2.75) is 32.9 Å². The van der Waals surface area contributed by atoms with Crippen molar-refractivity contribution in [3.63, 3.8) is 0 Å². The highest BCUT2D eigenvalue weighted by Crippen LogP contribution is 2.22. The van der Waals surface area contributed by atoms with Gasteiger partial charge >= 0.3 is 0 Å². The lowest BCUT2D eigenvalue weighted by Gasteiger charge is -2.18. The lowest BCUT2D eigenvalue weighted by molar-refractivity contribution is 0.317. The van der Waals surface area contributed by atoms with Crippen LogP contribution in [0.5, 0.6) is 5.75 Å². The molecule has 2 unspecified atom stereocenters. The molecule has 0 aromatic heterocycles. The van der Waals surface area contributed by atoms with Crippen LogP contribution in [0.3, 0.4) is 0 Å². The van der Waals surface area contributed by atoms with Crippen LogP contribution in [0.1, 0.15) is 25.0 Å². The molecule has 0 saturated carbocycles. The van der Waals surface area contributed by atoms with Crippen LogP contribution in [0.15, 0.2) is 18.2 Å². The Morgan fingerprint density at radius 2 is 2.05 bits per heavy atom. The zero-order chi connectivity index (χ0) is 13.1. The van der Waals surface area contributed by atoms with E-state index in [-0.39, 0.29) is 12.4 Å². The van der Waals surface area contributed by atoms with Gasteiger partial charge in [0.25, 0.3) is 0 Å². The standard InChI is InChI=1S/C15H24N2O.ClH/c1-4-12-7-14(18-3)6-5-13(12)9-17-8-11(2)15(16)10-17;/h5-7,11,15H,4,8-10,16H2,1-3H3;1H. The number of aryl methyl sites for hydroxylation is 1. The Bertz CT molecular complexity index is 401. The maximum Gasteiger partial charge on any atom is 0.119 e. The summed E-state index contributed by atoms with van der Waals surface area (Å²) in [4.78, 5) is 2.45. The van der Waals surface area contributed by atoms with Crippen LogP contribution < -0.4 is 10.5 Å². The van der Waals surface area contributed by atoms with Crippen LogP contribution in [0, 0.1) is 5.92 Å². The van der Waals surface area contributed by atoms with E-state index in [1.165, 1.54) is 11.1 Å². The first-order chi connectivity index (χ1) is 8.63. The van der Waals surface area contributed by atoms with E-state index in [2.05, 4.69) is 30.9 Å². The first kappa shape index (κ1) is 16.3. The Hall–Kier alpha value is -0.770. The van der Waals surface area contributed by atoms with Gasteiger partial charge in [0.2, 0.25) is 0 Å². The number of methoxy groups -OCH3 is 1. The number of nitrogens with two attached hydrogens (primary N) is 1. The molecule has 108 valence electrons. The van der Waals surface area contributed by atoms with Gasteiger partial charge in [0.1, 0.15) is 5.75 Å². The van der Waals surface area contributed by atoms with Crippen molar-refractivity contribution < 1.29 is 4.74 Å². The average Bonchev–Trinajstić information content (AvgIpc) is 2.69. The molecule has 0 radical (unpaired) electrons. The lowest BCUT2D eigenvalue weighted by Crippen LogP contribution is -2.28. The second-order valence-electron chi connectivity index (χ2n) is 5.32. The number of rotatable bonds is 4. The average molecular weight is 285 g/mol. The molecule has 19 heavy (non-hydrogen) atoms. The van der Waals surface area contributed by atoms with Crippen molar-refractivity contribution in [2.24, 2.45) is 11.7 Å². The minimum atomic E-state index is 0. The molecule has 1 aliphatic heterocycles. The van der Waals surface area contributed by atoms with E-state index >= 15 is 0 Å². The van der Waals surface area contributed by atoms with E-state index in [1.807, 2.05) is 6.07 Å². The molecule has 2 atom stereocenters. The van der Waals surface area contributed by atoms with Crippen LogP contribution in [0.2, 0.25) is 0 Å². The lowest BCUT2D eigenvalue weighted by atomic mass is 10.0. The van der Waals surface area contributed by atoms with Crippen molar-refractivity contribution in [3.8, 4) is 5.75 Å². The molecule has 1 fully saturated rings. The highest BCUT2D eigenvalue weighted by molar-refractivity contribution is 5.85. The topological polar surface area (TPSA) is 38.5 Å². The van der Waals surface area contributed by atoms with Gasteiger partial charge < -0.3 is 10.5 Å². The third-order valence-corrected chi connectivity index (χ3v) is 3.93. The van der Waals surface area contributed by atoms with Gasteiger partial charge in [-0.15, -0.1) is 12.4 Å². The van der Waals surface area contributed by atoms with Gasteiger partial charge in [0.15, 0.2) is 0 Å². The normalized spacial score (nSPS) is 23.2. The van der Waals surface area contributed by atoms with Crippen molar-refractivity contribution in [1.82, 2.24) is 4.90 Å². The van der Waals surface area contributed by atoms with E-state index in [0.717, 1.165) is 31.8 Å². The van der Waals surface area contributed by atoms with E-state index in [4.69, 9.17) is 10.5 Å². The van der Waals surface area contributed by atoms with E-state index < -0.39 is 0 Å². The molecular weight excluding hydrogens is 260 g/mol. The van der Waals surface area contributed by atoms with Crippen LogP contribution in [-0.4, -0.2) is 31.1 Å². The number of ether oxygens (including phenoxy) is 1. The van der Waals surface area contributed by atoms with E-state index in [0.29, 0.717) is 12.0 Å². The van der Waals surface area contributed by atoms with Gasteiger partial charge in [0, 0.05) is 25.7 Å². The molecule has 0 amide bonds. The second kappa shape index (κ2) is 7.13. The van der Waals surface area contributed by atoms with E-state index in [9.17, 15) is 0 Å². The Labute approximate surface area is 122 Å². The highest BCUT2D eigenvalue weighted by Gasteiger charge is 2.26. The molecule has 2 N–H and O–H groups in total. The minimum Gasteiger partial charge on any atom is -0.497 e. The van der Waals surface area contributed by atoms with Gasteiger partial charge in [-0.05, 0) is 35.6 Å². The van der Waals surface area contributed by atoms with Gasteiger partial charge in [-0.2, -0.15) is 0 Å². The smallest absolute Gasteiger partial charge is 0.119 e. The molecule has 2 rings (SSSR count). The number of halogens is 1. The number of benzene rings is 1. The summed E-state index contributed by atoms with van der Waals surface area (Å²) in [6.07, 6.45) is 1.04. The number of hydrogen-bond acceptors (Lipinski definition) is 3. The third-order valence-electron chi connectivity index (χ3n) is 3.93. The molecule has 1 aliphatic rings. The summed E-state index contributed by atoms with van der Waals surface area (Å²) >= 11 is 0. The van der Waals surface area contributed by atoms with Crippen molar-refractivity contribution in [2.75, 3.05) is 20.2 Å². The summed E-state index contributed by atoms with van der Waals surface area (Å²) in [7, 11) is 1.72. The van der Waals surface area contributed by atoms with Gasteiger partial charge in [-0.3, -0.25) is 4.90 Å². The molecule has 1 aromatic rings. The summed E-state index contributed by atoms with van der Waals surface area (Å²) in [5.41, 5.74) is 8.86. The molecule has 4 heteroatoms. The fraction of sp³-hybridized carbons (Fsp3) is 0.600. The first-order valence-electron chi connectivity index (χ1n) is 6.77. The Morgan fingerprint density at radius 3 is 2.58 bits per heavy atom. The maximum absolute atomic E-state index is 6.08. The van der Waals surface area contributed by atoms with Crippen LogP contribution in [0.25, 0.3) is 0 Å². The zero-order valence-corrected chi connectivity index (χ0v) is 12.9. The second-order valence-corrected chi connectivity index (χ2v) is 5.32. The van der Waals surface area contributed by atoms with Gasteiger partial charge in [-0.25, -0.2) is 0 Å². The summed E-state index contributed by atoms with van der Waals surface area (Å²) in [6.45, 7) is 7.55. The molecule has 1 aromatic carbocycles. The van der Waals surface area contributed by atoms with Crippen molar-refractivity contribution in [1.29, 1.82) is 0 Å². The van der Waals surface area contributed by atoms with Crippen LogP contribution in [0.4, 0.5) is 0 Å². The molecule has 0 spiro atoms. The molecular formula is C15H25ClN2O. The third kappa shape index (κ3) is 3.85. The summed E-state index contributed by atoms with van der Waals surface area (Å²) in [5, 5.41) is 0. The number of likely N-dealkylation sites (tertiary alicyclic amines) is 1. The highest BCUT2D eigenvalue weighted by atomic mass is 35.5. The van der Waals surface area contributed by atoms with Gasteiger partial charge in [0.05, 0.1) is 7.11 Å². The molecule has 1 saturated heterocycles. The maximum atomic E-state index is 6.08. The fourth-order valence-electron chi connectivity index (χ4n) is 2.68. The number of nitrogens with zero attached hydrogens (tertiary/aromatic N) is 1. The SMILES string of the molecule is CCc1cc(OC)ccc1CN1CC(C)C(N)C1.Cl. The van der Waals surface area contributed by atoms with Gasteiger partial charge in [-0.1, -0.05) is 19.9 Å². The quantitative estimate of drug-likeness (QED) is 0.923. The summed E-state index contributed by atoms with van der Waals surface area (Å²) in [6, 6.07) is 6.71. The first-order valence-corrected chi connectivity index (χ1v) is 6.77. The molecule has 0 aliphatic carbocycles. The Kier molecular flexibility index (Phi) is 6.11. The van der Waals surface area contributed by atoms with Crippen molar-refractivity contribution >= 4 is 12.4 Å². The number of hydrogen-bond donors (Lipinski definition) is 1. The predicted molar refractivity (Wildman–Crippen MR) is 82.0 cm³/mol. The van der Waals surface area contributed by atoms with Crippen LogP contribution in [-0.2, 0) is 13.0 Å². The summed E-state index contributed by atoms with van der Waals surface area (Å²) in [5.74, 6) is 1.55. The van der Waals surface area contributed by atoms with Crippen molar-refractivity contribution in [3.05, 3.63) is 29.3 Å². The predicted octanol–water partition coefficient (Wildman–Crippen LogP) is 2.46. The molecule has 0 bridgehead atoms. The fourth-order valence-corrected chi connectivity index (χ4v) is 2.68. The Morgan fingerprint density at radius 1 is 1.32 bits per heavy atom. The zero-order valence-electron chi connectivity index (χ0n) is 12.1. The molecule has 3 nitrogen and oxygen atoms in total. The Balaban J connectivity index is 0.00000180.